The molecule has 2 N–H and O–H groups in total. The summed E-state index contributed by atoms with van der Waals surface area (Å²) < 4.78 is 1.89. The molecule has 0 fully saturated rings. The predicted octanol–water partition coefficient (Wildman–Crippen LogP) is 3.38. The fraction of sp³-hybridized carbons (Fsp3) is 0.292. The van der Waals surface area contributed by atoms with Crippen molar-refractivity contribution in [2.24, 2.45) is 5.41 Å². The van der Waals surface area contributed by atoms with Crippen molar-refractivity contribution in [1.29, 1.82) is 0 Å². The average molecular weight is 405 g/mol. The Bertz CT molecular complexity index is 989. The second kappa shape index (κ2) is 9.39. The molecular formula is C24H28N4O2. The Morgan fingerprint density at radius 3 is 2.20 bits per heavy atom. The zero-order valence-electron chi connectivity index (χ0n) is 17.7. The summed E-state index contributed by atoms with van der Waals surface area (Å²) in [7, 11) is 0. The SMILES string of the molecule is CC(C)(C)C(=O)NCC(=O)NCc1cn(Cc2ccccc2)nc1-c1ccccc1. The van der Waals surface area contributed by atoms with E-state index in [9.17, 15) is 9.59 Å². The molecule has 1 heterocycles. The molecule has 2 aromatic carbocycles. The number of rotatable bonds is 7. The van der Waals surface area contributed by atoms with Crippen molar-refractivity contribution in [2.75, 3.05) is 6.54 Å². The normalized spacial score (nSPS) is 11.2. The first kappa shape index (κ1) is 21.3. The molecule has 0 aliphatic rings. The van der Waals surface area contributed by atoms with Crippen LogP contribution in [0.25, 0.3) is 11.3 Å². The Morgan fingerprint density at radius 1 is 0.933 bits per heavy atom. The summed E-state index contributed by atoms with van der Waals surface area (Å²) in [6.45, 7) is 6.38. The lowest BCUT2D eigenvalue weighted by atomic mass is 9.96. The summed E-state index contributed by atoms with van der Waals surface area (Å²) in [5.74, 6) is -0.388. The van der Waals surface area contributed by atoms with Crippen LogP contribution in [0.2, 0.25) is 0 Å². The molecule has 0 unspecified atom stereocenters. The van der Waals surface area contributed by atoms with Crippen LogP contribution < -0.4 is 10.6 Å². The lowest BCUT2D eigenvalue weighted by Gasteiger charge is -2.17. The van der Waals surface area contributed by atoms with E-state index in [0.29, 0.717) is 13.1 Å². The molecule has 0 aliphatic heterocycles. The van der Waals surface area contributed by atoms with E-state index in [-0.39, 0.29) is 18.4 Å². The lowest BCUT2D eigenvalue weighted by Crippen LogP contribution is -2.41. The smallest absolute Gasteiger partial charge is 0.239 e. The first-order valence-corrected chi connectivity index (χ1v) is 10.0. The van der Waals surface area contributed by atoms with Crippen LogP contribution in [0.15, 0.2) is 66.9 Å². The molecule has 2 amide bonds. The Balaban J connectivity index is 1.71. The molecule has 1 aromatic heterocycles. The monoisotopic (exact) mass is 404 g/mol. The van der Waals surface area contributed by atoms with Crippen LogP contribution in [0.1, 0.15) is 31.9 Å². The number of nitrogens with zero attached hydrogens (tertiary/aromatic N) is 2. The highest BCUT2D eigenvalue weighted by Crippen LogP contribution is 2.22. The highest BCUT2D eigenvalue weighted by molar-refractivity contribution is 5.87. The van der Waals surface area contributed by atoms with E-state index in [2.05, 4.69) is 22.8 Å². The molecule has 0 saturated heterocycles. The summed E-state index contributed by atoms with van der Waals surface area (Å²) in [5.41, 5.74) is 3.38. The van der Waals surface area contributed by atoms with Crippen molar-refractivity contribution in [3.05, 3.63) is 78.0 Å². The van der Waals surface area contributed by atoms with Gasteiger partial charge in [-0.15, -0.1) is 0 Å². The highest BCUT2D eigenvalue weighted by Gasteiger charge is 2.21. The Morgan fingerprint density at radius 2 is 1.57 bits per heavy atom. The third kappa shape index (κ3) is 5.80. The Hall–Kier alpha value is -3.41. The van der Waals surface area contributed by atoms with E-state index >= 15 is 0 Å². The molecule has 0 spiro atoms. The molecule has 6 nitrogen and oxygen atoms in total. The van der Waals surface area contributed by atoms with Crippen molar-refractivity contribution in [2.45, 2.75) is 33.9 Å². The number of carbonyl (C=O) groups is 2. The average Bonchev–Trinajstić information content (AvgIpc) is 3.13. The first-order valence-electron chi connectivity index (χ1n) is 10.0. The summed E-state index contributed by atoms with van der Waals surface area (Å²) in [6.07, 6.45) is 1.96. The van der Waals surface area contributed by atoms with Gasteiger partial charge in [0, 0.05) is 29.3 Å². The van der Waals surface area contributed by atoms with Crippen LogP contribution in [0, 0.1) is 5.41 Å². The van der Waals surface area contributed by atoms with Crippen molar-refractivity contribution < 1.29 is 9.59 Å². The van der Waals surface area contributed by atoms with Crippen molar-refractivity contribution >= 4 is 11.8 Å². The zero-order valence-corrected chi connectivity index (χ0v) is 17.7. The number of nitrogens with one attached hydrogen (secondary N) is 2. The maximum absolute atomic E-state index is 12.2. The molecule has 0 radical (unpaired) electrons. The van der Waals surface area contributed by atoms with E-state index < -0.39 is 5.41 Å². The Kier molecular flexibility index (Phi) is 6.67. The van der Waals surface area contributed by atoms with E-state index in [1.165, 1.54) is 0 Å². The number of amides is 2. The molecule has 30 heavy (non-hydrogen) atoms. The van der Waals surface area contributed by atoms with E-state index in [1.807, 2.05) is 80.2 Å². The van der Waals surface area contributed by atoms with Crippen LogP contribution in [-0.4, -0.2) is 28.1 Å². The minimum Gasteiger partial charge on any atom is -0.350 e. The van der Waals surface area contributed by atoms with Gasteiger partial charge in [-0.05, 0) is 5.56 Å². The van der Waals surface area contributed by atoms with Gasteiger partial charge in [0.2, 0.25) is 11.8 Å². The summed E-state index contributed by atoms with van der Waals surface area (Å²) in [6, 6.07) is 20.0. The van der Waals surface area contributed by atoms with E-state index in [1.54, 1.807) is 0 Å². The Labute approximate surface area is 177 Å². The van der Waals surface area contributed by atoms with Gasteiger partial charge in [0.05, 0.1) is 18.8 Å². The number of hydrogen-bond donors (Lipinski definition) is 2. The standard InChI is InChI=1S/C24H28N4O2/c1-24(2,3)23(30)26-15-21(29)25-14-20-17-28(16-18-10-6-4-7-11-18)27-22(20)19-12-8-5-9-13-19/h4-13,17H,14-16H2,1-3H3,(H,25,29)(H,26,30). The lowest BCUT2D eigenvalue weighted by molar-refractivity contribution is -0.131. The quantitative estimate of drug-likeness (QED) is 0.634. The van der Waals surface area contributed by atoms with Crippen molar-refractivity contribution in [1.82, 2.24) is 20.4 Å². The minimum atomic E-state index is -0.528. The van der Waals surface area contributed by atoms with Gasteiger partial charge in [-0.25, -0.2) is 0 Å². The maximum atomic E-state index is 12.2. The third-order valence-electron chi connectivity index (χ3n) is 4.64. The van der Waals surface area contributed by atoms with E-state index in [4.69, 9.17) is 5.10 Å². The predicted molar refractivity (Wildman–Crippen MR) is 118 cm³/mol. The van der Waals surface area contributed by atoms with Gasteiger partial charge in [0.1, 0.15) is 0 Å². The summed E-state index contributed by atoms with van der Waals surface area (Å²) >= 11 is 0. The van der Waals surface area contributed by atoms with Crippen LogP contribution in [-0.2, 0) is 22.7 Å². The van der Waals surface area contributed by atoms with Gasteiger partial charge in [-0.3, -0.25) is 14.3 Å². The largest absolute Gasteiger partial charge is 0.350 e. The van der Waals surface area contributed by atoms with Gasteiger partial charge in [0.15, 0.2) is 0 Å². The number of aromatic nitrogens is 2. The second-order valence-electron chi connectivity index (χ2n) is 8.26. The van der Waals surface area contributed by atoms with Gasteiger partial charge in [0.25, 0.3) is 0 Å². The molecule has 0 aliphatic carbocycles. The molecule has 3 rings (SSSR count). The van der Waals surface area contributed by atoms with Gasteiger partial charge < -0.3 is 10.6 Å². The van der Waals surface area contributed by atoms with Gasteiger partial charge in [-0.2, -0.15) is 5.10 Å². The topological polar surface area (TPSA) is 76.0 Å². The molecule has 3 aromatic rings. The summed E-state index contributed by atoms with van der Waals surface area (Å²) in [5, 5.41) is 10.3. The third-order valence-corrected chi connectivity index (χ3v) is 4.64. The molecule has 0 atom stereocenters. The minimum absolute atomic E-state index is 0.0467. The maximum Gasteiger partial charge on any atom is 0.239 e. The van der Waals surface area contributed by atoms with Gasteiger partial charge in [-0.1, -0.05) is 81.4 Å². The van der Waals surface area contributed by atoms with Crippen molar-refractivity contribution in [3.63, 3.8) is 0 Å². The number of benzene rings is 2. The van der Waals surface area contributed by atoms with Crippen LogP contribution in [0.5, 0.6) is 0 Å². The number of carbonyl (C=O) groups excluding carboxylic acids is 2. The van der Waals surface area contributed by atoms with Crippen molar-refractivity contribution in [3.8, 4) is 11.3 Å². The fourth-order valence-electron chi connectivity index (χ4n) is 2.96. The molecule has 0 bridgehead atoms. The first-order chi connectivity index (χ1) is 14.3. The van der Waals surface area contributed by atoms with Crippen LogP contribution >= 0.6 is 0 Å². The zero-order chi connectivity index (χ0) is 21.6. The molecule has 0 saturated carbocycles. The van der Waals surface area contributed by atoms with Crippen LogP contribution in [0.4, 0.5) is 0 Å². The highest BCUT2D eigenvalue weighted by atomic mass is 16.2. The molecule has 156 valence electrons. The van der Waals surface area contributed by atoms with E-state index in [0.717, 1.165) is 22.4 Å². The summed E-state index contributed by atoms with van der Waals surface area (Å²) in [4.78, 5) is 24.2. The van der Waals surface area contributed by atoms with Crippen LogP contribution in [0.3, 0.4) is 0 Å². The second-order valence-corrected chi connectivity index (χ2v) is 8.26. The fourth-order valence-corrected chi connectivity index (χ4v) is 2.96. The number of hydrogen-bond acceptors (Lipinski definition) is 3. The molecular weight excluding hydrogens is 376 g/mol. The van der Waals surface area contributed by atoms with Gasteiger partial charge >= 0.3 is 0 Å². The molecule has 6 heteroatoms.